The Morgan fingerprint density at radius 3 is 2.49 bits per heavy atom. The molecule has 4 rings (SSSR count). The molecule has 1 aliphatic rings. The summed E-state index contributed by atoms with van der Waals surface area (Å²) in [6.07, 6.45) is 1.49. The standard InChI is InChI=1S/C28H29NO6/c1-5-34-22-12-11-18(15-21(22)28(2,3)4)25(31)23-24(17-8-6-9-19(30)14-17)29(27(33)26(23)32)16-20-10-7-13-35-20/h6-15,24,30-31H,5,16H2,1-4H3/b25-23-. The average molecular weight is 476 g/mol. The lowest BCUT2D eigenvalue weighted by Gasteiger charge is -2.25. The van der Waals surface area contributed by atoms with Crippen LogP contribution in [-0.2, 0) is 21.5 Å². The Labute approximate surface area is 204 Å². The molecule has 0 spiro atoms. The third-order valence-electron chi connectivity index (χ3n) is 5.99. The van der Waals surface area contributed by atoms with Crippen LogP contribution in [0.4, 0.5) is 0 Å². The Morgan fingerprint density at radius 1 is 1.09 bits per heavy atom. The summed E-state index contributed by atoms with van der Waals surface area (Å²) in [5.74, 6) is -0.659. The van der Waals surface area contributed by atoms with Crippen LogP contribution in [0.2, 0.25) is 0 Å². The number of benzene rings is 2. The van der Waals surface area contributed by atoms with Crippen molar-refractivity contribution in [1.82, 2.24) is 4.90 Å². The SMILES string of the molecule is CCOc1ccc(/C(O)=C2/C(=O)C(=O)N(Cc3ccco3)C2c2cccc(O)c2)cc1C(C)(C)C. The molecule has 0 saturated carbocycles. The third-order valence-corrected chi connectivity index (χ3v) is 5.99. The fraction of sp³-hybridized carbons (Fsp3) is 0.286. The molecule has 182 valence electrons. The fourth-order valence-corrected chi connectivity index (χ4v) is 4.36. The number of amides is 1. The molecule has 7 heteroatoms. The molecule has 7 nitrogen and oxygen atoms in total. The average Bonchev–Trinajstić information content (AvgIpc) is 3.41. The number of likely N-dealkylation sites (tertiary alicyclic amines) is 1. The summed E-state index contributed by atoms with van der Waals surface area (Å²) in [5.41, 5.74) is 1.42. The second kappa shape index (κ2) is 9.33. The van der Waals surface area contributed by atoms with Crippen molar-refractivity contribution in [3.8, 4) is 11.5 Å². The summed E-state index contributed by atoms with van der Waals surface area (Å²) in [7, 11) is 0. The van der Waals surface area contributed by atoms with Gasteiger partial charge in [0, 0.05) is 11.1 Å². The van der Waals surface area contributed by atoms with Crippen molar-refractivity contribution < 1.29 is 29.0 Å². The number of aliphatic hydroxyl groups excluding tert-OH is 1. The van der Waals surface area contributed by atoms with Crippen LogP contribution in [0, 0.1) is 0 Å². The van der Waals surface area contributed by atoms with Crippen molar-refractivity contribution in [2.45, 2.75) is 45.7 Å². The molecule has 35 heavy (non-hydrogen) atoms. The lowest BCUT2D eigenvalue weighted by atomic mass is 9.84. The lowest BCUT2D eigenvalue weighted by Crippen LogP contribution is -2.29. The number of rotatable bonds is 6. The minimum absolute atomic E-state index is 0.0119. The quantitative estimate of drug-likeness (QED) is 0.285. The first-order chi connectivity index (χ1) is 16.6. The number of aliphatic hydroxyl groups is 1. The lowest BCUT2D eigenvalue weighted by molar-refractivity contribution is -0.140. The van der Waals surface area contributed by atoms with Gasteiger partial charge in [-0.25, -0.2) is 0 Å². The topological polar surface area (TPSA) is 100 Å². The van der Waals surface area contributed by atoms with Crippen molar-refractivity contribution in [2.24, 2.45) is 0 Å². The molecular formula is C28H29NO6. The molecule has 3 aromatic rings. The van der Waals surface area contributed by atoms with Crippen molar-refractivity contribution in [3.05, 3.63) is 88.9 Å². The van der Waals surface area contributed by atoms with Crippen LogP contribution in [0.5, 0.6) is 11.5 Å². The van der Waals surface area contributed by atoms with Crippen molar-refractivity contribution in [3.63, 3.8) is 0 Å². The normalized spacial score (nSPS) is 17.7. The molecule has 1 fully saturated rings. The Bertz CT molecular complexity index is 1280. The maximum atomic E-state index is 13.3. The summed E-state index contributed by atoms with van der Waals surface area (Å²) < 4.78 is 11.2. The molecule has 1 aliphatic heterocycles. The number of carbonyl (C=O) groups is 2. The van der Waals surface area contributed by atoms with Gasteiger partial charge in [0.2, 0.25) is 0 Å². The summed E-state index contributed by atoms with van der Waals surface area (Å²) >= 11 is 0. The zero-order chi connectivity index (χ0) is 25.3. The van der Waals surface area contributed by atoms with Gasteiger partial charge in [0.15, 0.2) is 0 Å². The molecule has 0 bridgehead atoms. The van der Waals surface area contributed by atoms with Crippen molar-refractivity contribution >= 4 is 17.4 Å². The summed E-state index contributed by atoms with van der Waals surface area (Å²) in [4.78, 5) is 27.7. The zero-order valence-electron chi connectivity index (χ0n) is 20.2. The van der Waals surface area contributed by atoms with E-state index in [9.17, 15) is 19.8 Å². The number of Topliss-reactive ketones (excluding diaryl/α,β-unsaturated/α-hetero) is 1. The van der Waals surface area contributed by atoms with Crippen molar-refractivity contribution in [2.75, 3.05) is 6.61 Å². The highest BCUT2D eigenvalue weighted by molar-refractivity contribution is 6.46. The van der Waals surface area contributed by atoms with E-state index < -0.39 is 17.7 Å². The third kappa shape index (κ3) is 4.67. The van der Waals surface area contributed by atoms with Crippen LogP contribution < -0.4 is 4.74 Å². The number of hydrogen-bond donors (Lipinski definition) is 2. The summed E-state index contributed by atoms with van der Waals surface area (Å²) in [5, 5.41) is 21.5. The molecule has 2 heterocycles. The minimum Gasteiger partial charge on any atom is -0.508 e. The number of ketones is 1. The van der Waals surface area contributed by atoms with Gasteiger partial charge in [-0.1, -0.05) is 32.9 Å². The van der Waals surface area contributed by atoms with Gasteiger partial charge in [0.1, 0.15) is 23.0 Å². The van der Waals surface area contributed by atoms with Gasteiger partial charge in [-0.2, -0.15) is 0 Å². The first-order valence-corrected chi connectivity index (χ1v) is 11.5. The molecular weight excluding hydrogens is 446 g/mol. The van der Waals surface area contributed by atoms with Gasteiger partial charge in [-0.15, -0.1) is 0 Å². The molecule has 1 saturated heterocycles. The number of carbonyl (C=O) groups excluding carboxylic acids is 2. The first-order valence-electron chi connectivity index (χ1n) is 11.5. The number of aromatic hydroxyl groups is 1. The molecule has 2 N–H and O–H groups in total. The van der Waals surface area contributed by atoms with E-state index in [-0.39, 0.29) is 29.0 Å². The number of ether oxygens (including phenoxy) is 1. The van der Waals surface area contributed by atoms with Crippen LogP contribution in [-0.4, -0.2) is 33.4 Å². The molecule has 1 atom stereocenters. The highest BCUT2D eigenvalue weighted by Gasteiger charge is 2.46. The van der Waals surface area contributed by atoms with Gasteiger partial charge in [0.05, 0.1) is 31.0 Å². The van der Waals surface area contributed by atoms with Gasteiger partial charge >= 0.3 is 0 Å². The molecule has 0 radical (unpaired) electrons. The first kappa shape index (κ1) is 24.1. The maximum absolute atomic E-state index is 13.3. The molecule has 2 aromatic carbocycles. The summed E-state index contributed by atoms with van der Waals surface area (Å²) in [6, 6.07) is 14.1. The van der Waals surface area contributed by atoms with Crippen LogP contribution in [0.25, 0.3) is 5.76 Å². The highest BCUT2D eigenvalue weighted by atomic mass is 16.5. The van der Waals surface area contributed by atoms with Gasteiger partial charge in [-0.3, -0.25) is 9.59 Å². The Hall–Kier alpha value is -4.00. The summed E-state index contributed by atoms with van der Waals surface area (Å²) in [6.45, 7) is 8.52. The number of phenols is 1. The number of nitrogens with zero attached hydrogens (tertiary/aromatic N) is 1. The smallest absolute Gasteiger partial charge is 0.296 e. The van der Waals surface area contributed by atoms with E-state index in [0.29, 0.717) is 29.2 Å². The molecule has 0 aliphatic carbocycles. The van der Waals surface area contributed by atoms with Crippen LogP contribution in [0.3, 0.4) is 0 Å². The van der Waals surface area contributed by atoms with Crippen LogP contribution >= 0.6 is 0 Å². The van der Waals surface area contributed by atoms with Gasteiger partial charge < -0.3 is 24.3 Å². The van der Waals surface area contributed by atoms with Crippen LogP contribution in [0.15, 0.2) is 70.9 Å². The second-order valence-corrected chi connectivity index (χ2v) is 9.50. The maximum Gasteiger partial charge on any atom is 0.296 e. The number of phenolic OH excluding ortho intramolecular Hbond substituents is 1. The largest absolute Gasteiger partial charge is 0.508 e. The van der Waals surface area contributed by atoms with Gasteiger partial charge in [-0.05, 0) is 60.4 Å². The predicted octanol–water partition coefficient (Wildman–Crippen LogP) is 5.30. The van der Waals surface area contributed by atoms with Crippen LogP contribution in [0.1, 0.15) is 56.2 Å². The van der Waals surface area contributed by atoms with E-state index in [2.05, 4.69) is 0 Å². The molecule has 1 aromatic heterocycles. The molecule has 1 unspecified atom stereocenters. The van der Waals surface area contributed by atoms with E-state index in [1.54, 1.807) is 42.5 Å². The molecule has 1 amide bonds. The number of hydrogen-bond acceptors (Lipinski definition) is 6. The van der Waals surface area contributed by atoms with Gasteiger partial charge in [0.25, 0.3) is 11.7 Å². The van der Waals surface area contributed by atoms with E-state index in [4.69, 9.17) is 9.15 Å². The fourth-order valence-electron chi connectivity index (χ4n) is 4.36. The second-order valence-electron chi connectivity index (χ2n) is 9.50. The number of furan rings is 1. The van der Waals surface area contributed by atoms with E-state index >= 15 is 0 Å². The minimum atomic E-state index is -0.906. The highest BCUT2D eigenvalue weighted by Crippen LogP contribution is 2.42. The Kier molecular flexibility index (Phi) is 6.43. The zero-order valence-corrected chi connectivity index (χ0v) is 20.2. The Morgan fingerprint density at radius 2 is 1.86 bits per heavy atom. The monoisotopic (exact) mass is 475 g/mol. The Balaban J connectivity index is 1.89. The van der Waals surface area contributed by atoms with E-state index in [1.807, 2.05) is 27.7 Å². The predicted molar refractivity (Wildman–Crippen MR) is 131 cm³/mol. The van der Waals surface area contributed by atoms with E-state index in [1.165, 1.54) is 23.3 Å². The van der Waals surface area contributed by atoms with Crippen molar-refractivity contribution in [1.29, 1.82) is 0 Å². The van der Waals surface area contributed by atoms with E-state index in [0.717, 1.165) is 5.56 Å².